The third-order valence-corrected chi connectivity index (χ3v) is 4.68. The third-order valence-electron chi connectivity index (χ3n) is 3.72. The van der Waals surface area contributed by atoms with Gasteiger partial charge in [0.05, 0.1) is 0 Å². The van der Waals surface area contributed by atoms with Crippen molar-refractivity contribution >= 4 is 42.4 Å². The van der Waals surface area contributed by atoms with Crippen LogP contribution in [0.4, 0.5) is 0 Å². The quantitative estimate of drug-likeness (QED) is 0.540. The third kappa shape index (κ3) is 1.40. The van der Waals surface area contributed by atoms with Crippen molar-refractivity contribution in [2.45, 2.75) is 4.90 Å². The maximum atomic E-state index is 11.8. The van der Waals surface area contributed by atoms with E-state index < -0.39 is 10.1 Å². The number of rotatable bonds is 1. The molecule has 0 aliphatic heterocycles. The molecule has 98 valence electrons. The highest BCUT2D eigenvalue weighted by Gasteiger charge is 2.23. The van der Waals surface area contributed by atoms with Gasteiger partial charge in [0, 0.05) is 10.8 Å². The Morgan fingerprint density at radius 2 is 1.20 bits per heavy atom. The first kappa shape index (κ1) is 11.6. The summed E-state index contributed by atoms with van der Waals surface area (Å²) < 4.78 is 33.2. The molecule has 4 aromatic rings. The van der Waals surface area contributed by atoms with Crippen molar-refractivity contribution in [3.8, 4) is 0 Å². The molecule has 0 amide bonds. The van der Waals surface area contributed by atoms with Gasteiger partial charge < -0.3 is 0 Å². The van der Waals surface area contributed by atoms with Crippen molar-refractivity contribution in [3.63, 3.8) is 0 Å². The SMILES string of the molecule is O=S(=O)(O)c1c2ccccc3cc4ccccc1c4c32. The molecular weight excluding hydrogens is 272 g/mol. The zero-order chi connectivity index (χ0) is 13.9. The fourth-order valence-corrected chi connectivity index (χ4v) is 3.93. The molecule has 0 bridgehead atoms. The molecule has 0 heterocycles. The second kappa shape index (κ2) is 3.69. The van der Waals surface area contributed by atoms with Crippen LogP contribution in [-0.4, -0.2) is 13.0 Å². The topological polar surface area (TPSA) is 54.4 Å². The van der Waals surface area contributed by atoms with E-state index in [1.54, 1.807) is 24.3 Å². The van der Waals surface area contributed by atoms with Crippen LogP contribution in [0.15, 0.2) is 59.5 Å². The Morgan fingerprint density at radius 1 is 0.750 bits per heavy atom. The zero-order valence-electron chi connectivity index (χ0n) is 10.4. The maximum Gasteiger partial charge on any atom is 0.295 e. The molecule has 0 radical (unpaired) electrons. The van der Waals surface area contributed by atoms with E-state index >= 15 is 0 Å². The number of hydrogen-bond donors (Lipinski definition) is 1. The van der Waals surface area contributed by atoms with E-state index in [4.69, 9.17) is 0 Å². The first-order valence-corrected chi connectivity index (χ1v) is 7.64. The molecule has 0 saturated heterocycles. The fourth-order valence-electron chi connectivity index (χ4n) is 3.03. The van der Waals surface area contributed by atoms with Crippen molar-refractivity contribution in [1.29, 1.82) is 0 Å². The zero-order valence-corrected chi connectivity index (χ0v) is 11.2. The van der Waals surface area contributed by atoms with Crippen LogP contribution in [0.2, 0.25) is 0 Å². The molecule has 0 aliphatic rings. The predicted octanol–water partition coefficient (Wildman–Crippen LogP) is 3.83. The molecule has 4 aromatic carbocycles. The fraction of sp³-hybridized carbons (Fsp3) is 0. The second-order valence-corrected chi connectivity index (χ2v) is 6.23. The van der Waals surface area contributed by atoms with E-state index in [0.717, 1.165) is 21.5 Å². The van der Waals surface area contributed by atoms with E-state index in [1.165, 1.54) is 0 Å². The van der Waals surface area contributed by atoms with Gasteiger partial charge >= 0.3 is 0 Å². The Morgan fingerprint density at radius 3 is 1.65 bits per heavy atom. The summed E-state index contributed by atoms with van der Waals surface area (Å²) in [6.07, 6.45) is 0. The Bertz CT molecular complexity index is 997. The van der Waals surface area contributed by atoms with Gasteiger partial charge in [-0.3, -0.25) is 4.55 Å². The van der Waals surface area contributed by atoms with E-state index in [2.05, 4.69) is 0 Å². The van der Waals surface area contributed by atoms with Gasteiger partial charge in [-0.25, -0.2) is 0 Å². The van der Waals surface area contributed by atoms with Crippen molar-refractivity contribution in [2.24, 2.45) is 0 Å². The van der Waals surface area contributed by atoms with Gasteiger partial charge in [-0.15, -0.1) is 0 Å². The Labute approximate surface area is 115 Å². The molecular formula is C16H10O3S. The summed E-state index contributed by atoms with van der Waals surface area (Å²) in [7, 11) is -4.28. The minimum atomic E-state index is -4.28. The normalized spacial score (nSPS) is 12.7. The number of hydrogen-bond acceptors (Lipinski definition) is 2. The minimum Gasteiger partial charge on any atom is -0.282 e. The molecule has 4 heteroatoms. The van der Waals surface area contributed by atoms with E-state index in [-0.39, 0.29) is 4.90 Å². The molecule has 3 nitrogen and oxygen atoms in total. The van der Waals surface area contributed by atoms with Gasteiger partial charge in [0.15, 0.2) is 0 Å². The highest BCUT2D eigenvalue weighted by molar-refractivity contribution is 7.86. The first-order valence-electron chi connectivity index (χ1n) is 6.20. The van der Waals surface area contributed by atoms with Crippen LogP contribution >= 0.6 is 0 Å². The van der Waals surface area contributed by atoms with Crippen LogP contribution < -0.4 is 0 Å². The minimum absolute atomic E-state index is 0.00509. The van der Waals surface area contributed by atoms with Crippen molar-refractivity contribution < 1.29 is 13.0 Å². The largest absolute Gasteiger partial charge is 0.295 e. The smallest absolute Gasteiger partial charge is 0.282 e. The van der Waals surface area contributed by atoms with Gasteiger partial charge in [-0.1, -0.05) is 48.5 Å². The molecule has 0 unspecified atom stereocenters. The van der Waals surface area contributed by atoms with Crippen LogP contribution in [0.3, 0.4) is 0 Å². The Hall–Kier alpha value is -2.17. The molecule has 0 spiro atoms. The highest BCUT2D eigenvalue weighted by atomic mass is 32.2. The van der Waals surface area contributed by atoms with Crippen LogP contribution in [0.1, 0.15) is 0 Å². The lowest BCUT2D eigenvalue weighted by Gasteiger charge is -1.95. The second-order valence-electron chi connectivity index (χ2n) is 4.87. The monoisotopic (exact) mass is 282 g/mol. The Kier molecular flexibility index (Phi) is 2.14. The van der Waals surface area contributed by atoms with Gasteiger partial charge in [0.2, 0.25) is 0 Å². The summed E-state index contributed by atoms with van der Waals surface area (Å²) in [5.41, 5.74) is 0. The summed E-state index contributed by atoms with van der Waals surface area (Å²) in [4.78, 5) is 0.00509. The molecule has 0 saturated carbocycles. The summed E-state index contributed by atoms with van der Waals surface area (Å²) in [5, 5.41) is 4.89. The molecule has 0 atom stereocenters. The first-order chi connectivity index (χ1) is 9.57. The van der Waals surface area contributed by atoms with Gasteiger partial charge in [0.25, 0.3) is 10.1 Å². The molecule has 4 rings (SSSR count). The van der Waals surface area contributed by atoms with Gasteiger partial charge in [0.1, 0.15) is 4.90 Å². The Balaban J connectivity index is 2.51. The summed E-state index contributed by atoms with van der Waals surface area (Å²) in [6, 6.07) is 16.8. The van der Waals surface area contributed by atoms with E-state index in [0.29, 0.717) is 10.8 Å². The molecule has 20 heavy (non-hydrogen) atoms. The highest BCUT2D eigenvalue weighted by Crippen LogP contribution is 2.42. The lowest BCUT2D eigenvalue weighted by atomic mass is 10.2. The van der Waals surface area contributed by atoms with Crippen molar-refractivity contribution in [1.82, 2.24) is 0 Å². The summed E-state index contributed by atoms with van der Waals surface area (Å²) >= 11 is 0. The maximum absolute atomic E-state index is 11.8. The van der Waals surface area contributed by atoms with Crippen LogP contribution in [0.25, 0.3) is 32.3 Å². The van der Waals surface area contributed by atoms with Crippen molar-refractivity contribution in [2.75, 3.05) is 0 Å². The summed E-state index contributed by atoms with van der Waals surface area (Å²) in [6.45, 7) is 0. The van der Waals surface area contributed by atoms with Gasteiger partial charge in [-0.05, 0) is 27.6 Å². The van der Waals surface area contributed by atoms with Crippen LogP contribution in [0.5, 0.6) is 0 Å². The van der Waals surface area contributed by atoms with Crippen LogP contribution in [0, 0.1) is 0 Å². The predicted molar refractivity (Wildman–Crippen MR) is 80.0 cm³/mol. The van der Waals surface area contributed by atoms with E-state index in [1.807, 2.05) is 30.3 Å². The van der Waals surface area contributed by atoms with Crippen molar-refractivity contribution in [3.05, 3.63) is 54.6 Å². The molecule has 0 fully saturated rings. The lowest BCUT2D eigenvalue weighted by molar-refractivity contribution is 0.485. The summed E-state index contributed by atoms with van der Waals surface area (Å²) in [5.74, 6) is 0. The van der Waals surface area contributed by atoms with E-state index in [9.17, 15) is 13.0 Å². The van der Waals surface area contributed by atoms with Crippen LogP contribution in [-0.2, 0) is 10.1 Å². The standard InChI is InChI=1S/C16H10O3S/c17-20(18,19)16-12-7-3-1-5-10-9-11-6-2-4-8-13(16)15(11)14(10)12/h1-9H,(H,17,18,19). The average molecular weight is 282 g/mol. The molecule has 0 aliphatic carbocycles. The molecule has 1 N–H and O–H groups in total. The average Bonchev–Trinajstić information content (AvgIpc) is 2.70. The molecule has 0 aromatic heterocycles. The van der Waals surface area contributed by atoms with Gasteiger partial charge in [-0.2, -0.15) is 8.42 Å². The lowest BCUT2D eigenvalue weighted by Crippen LogP contribution is -1.96.